The minimum absolute atomic E-state index is 0.272. The fourth-order valence-electron chi connectivity index (χ4n) is 10.7. The van der Waals surface area contributed by atoms with Gasteiger partial charge < -0.3 is 14.8 Å². The van der Waals surface area contributed by atoms with Crippen LogP contribution < -0.4 is 5.32 Å². The summed E-state index contributed by atoms with van der Waals surface area (Å²) in [6, 6.07) is 10.7. The Morgan fingerprint density at radius 1 is 1.05 bits per heavy atom. The van der Waals surface area contributed by atoms with Crippen LogP contribution in [0, 0.1) is 46.3 Å². The molecular weight excluding hydrogens is 512 g/mol. The Morgan fingerprint density at radius 2 is 1.90 bits per heavy atom. The quantitative estimate of drug-likeness (QED) is 0.411. The molecule has 1 spiro atoms. The molecule has 2 aliphatic heterocycles. The molecule has 4 nitrogen and oxygen atoms in total. The number of anilines is 1. The van der Waals surface area contributed by atoms with Crippen molar-refractivity contribution in [3.8, 4) is 0 Å². The van der Waals surface area contributed by atoms with E-state index in [1.54, 1.807) is 5.57 Å². The van der Waals surface area contributed by atoms with E-state index in [2.05, 4.69) is 69.4 Å². The van der Waals surface area contributed by atoms with E-state index in [4.69, 9.17) is 14.5 Å². The number of nitrogens with zero attached hydrogens (tertiary/aromatic N) is 1. The van der Waals surface area contributed by atoms with Crippen LogP contribution in [0.5, 0.6) is 0 Å². The van der Waals surface area contributed by atoms with Gasteiger partial charge in [-0.15, -0.1) is 0 Å². The zero-order valence-electron chi connectivity index (χ0n) is 24.7. The average molecular weight is 559 g/mol. The van der Waals surface area contributed by atoms with E-state index in [1.165, 1.54) is 54.7 Å². The molecule has 6 aliphatic rings. The maximum absolute atomic E-state index is 7.00. The zero-order chi connectivity index (χ0) is 27.3. The molecule has 3 heterocycles. The van der Waals surface area contributed by atoms with Crippen molar-refractivity contribution in [2.75, 3.05) is 11.9 Å². The van der Waals surface area contributed by atoms with Crippen LogP contribution in [0.2, 0.25) is 0 Å². The lowest BCUT2D eigenvalue weighted by Gasteiger charge is -2.57. The number of rotatable bonds is 3. The molecule has 1 aromatic heterocycles. The minimum atomic E-state index is -0.309. The van der Waals surface area contributed by atoms with Gasteiger partial charge in [0.25, 0.3) is 0 Å². The Hall–Kier alpha value is -1.69. The molecule has 8 rings (SSSR count). The van der Waals surface area contributed by atoms with E-state index in [0.717, 1.165) is 48.9 Å². The molecule has 10 atom stereocenters. The van der Waals surface area contributed by atoms with Crippen LogP contribution in [0.3, 0.4) is 0 Å². The number of hydrogen-bond acceptors (Lipinski definition) is 5. The number of aromatic nitrogens is 1. The normalized spacial score (nSPS) is 45.2. The Balaban J connectivity index is 1.04. The van der Waals surface area contributed by atoms with Gasteiger partial charge in [0, 0.05) is 18.9 Å². The SMILES string of the molecule is C[C@@H]1CC[C@@]2(OC1)O[C@H]1C[C@H]3[C@@H]4CC=C5c6sc(NCc7ccccc7)nc6CC[C@]5(C)[C@H]4CC[C@]3(C)[C@H]1[C@@H]2C. The molecule has 0 radical (unpaired) electrons. The Kier molecular flexibility index (Phi) is 5.94. The number of thiazole rings is 1. The van der Waals surface area contributed by atoms with Crippen molar-refractivity contribution in [3.63, 3.8) is 0 Å². The van der Waals surface area contributed by atoms with Gasteiger partial charge in [-0.2, -0.15) is 0 Å². The highest BCUT2D eigenvalue weighted by atomic mass is 32.1. The number of benzene rings is 1. The predicted molar refractivity (Wildman–Crippen MR) is 162 cm³/mol. The second kappa shape index (κ2) is 9.15. The van der Waals surface area contributed by atoms with Gasteiger partial charge in [0.1, 0.15) is 0 Å². The maximum atomic E-state index is 7.00. The highest BCUT2D eigenvalue weighted by molar-refractivity contribution is 7.16. The van der Waals surface area contributed by atoms with Gasteiger partial charge in [0.2, 0.25) is 0 Å². The Bertz CT molecular complexity index is 1310. The van der Waals surface area contributed by atoms with Gasteiger partial charge in [0.15, 0.2) is 10.9 Å². The molecule has 2 aromatic rings. The lowest BCUT2D eigenvalue weighted by Crippen LogP contribution is -2.51. The fraction of sp³-hybridized carbons (Fsp3) is 0.686. The van der Waals surface area contributed by atoms with Crippen molar-refractivity contribution >= 4 is 22.0 Å². The highest BCUT2D eigenvalue weighted by Crippen LogP contribution is 2.71. The van der Waals surface area contributed by atoms with Crippen molar-refractivity contribution in [3.05, 3.63) is 52.5 Å². The van der Waals surface area contributed by atoms with Crippen LogP contribution in [-0.4, -0.2) is 23.5 Å². The van der Waals surface area contributed by atoms with Gasteiger partial charge in [-0.3, -0.25) is 0 Å². The summed E-state index contributed by atoms with van der Waals surface area (Å²) in [6.45, 7) is 11.7. The third kappa shape index (κ3) is 3.65. The molecule has 214 valence electrons. The summed E-state index contributed by atoms with van der Waals surface area (Å²) < 4.78 is 13.5. The molecule has 0 unspecified atom stereocenters. The van der Waals surface area contributed by atoms with E-state index in [0.29, 0.717) is 29.3 Å². The summed E-state index contributed by atoms with van der Waals surface area (Å²) in [5.41, 5.74) is 4.90. The largest absolute Gasteiger partial charge is 0.357 e. The van der Waals surface area contributed by atoms with Crippen molar-refractivity contribution < 1.29 is 9.47 Å². The van der Waals surface area contributed by atoms with Crippen LogP contribution in [0.15, 0.2) is 36.4 Å². The summed E-state index contributed by atoms with van der Waals surface area (Å²) in [7, 11) is 0. The summed E-state index contributed by atoms with van der Waals surface area (Å²) in [4.78, 5) is 6.56. The van der Waals surface area contributed by atoms with Gasteiger partial charge in [-0.1, -0.05) is 75.4 Å². The molecule has 0 bridgehead atoms. The molecule has 4 fully saturated rings. The summed E-state index contributed by atoms with van der Waals surface area (Å²) in [5, 5.41) is 4.71. The van der Waals surface area contributed by atoms with Crippen molar-refractivity contribution in [2.45, 2.75) is 97.5 Å². The van der Waals surface area contributed by atoms with Crippen LogP contribution in [0.25, 0.3) is 5.57 Å². The Labute approximate surface area is 244 Å². The summed E-state index contributed by atoms with van der Waals surface area (Å²) in [5.74, 6) is 3.81. The van der Waals surface area contributed by atoms with E-state index in [-0.39, 0.29) is 11.2 Å². The topological polar surface area (TPSA) is 43.4 Å². The zero-order valence-corrected chi connectivity index (χ0v) is 25.6. The van der Waals surface area contributed by atoms with Gasteiger partial charge in [-0.05, 0) is 96.5 Å². The molecular formula is C35H46N2O2S. The predicted octanol–water partition coefficient (Wildman–Crippen LogP) is 8.34. The monoisotopic (exact) mass is 558 g/mol. The van der Waals surface area contributed by atoms with Crippen molar-refractivity contribution in [1.82, 2.24) is 4.98 Å². The van der Waals surface area contributed by atoms with Gasteiger partial charge in [0.05, 0.1) is 23.3 Å². The molecule has 4 aliphatic carbocycles. The molecule has 40 heavy (non-hydrogen) atoms. The molecule has 1 aromatic carbocycles. The number of fused-ring (bicyclic) bond motifs is 9. The Morgan fingerprint density at radius 3 is 2.70 bits per heavy atom. The molecule has 1 N–H and O–H groups in total. The first-order valence-corrected chi connectivity index (χ1v) is 16.9. The molecule has 2 saturated carbocycles. The fourth-order valence-corrected chi connectivity index (χ4v) is 11.9. The third-order valence-electron chi connectivity index (χ3n) is 12.8. The first kappa shape index (κ1) is 26.0. The third-order valence-corrected chi connectivity index (χ3v) is 13.9. The maximum Gasteiger partial charge on any atom is 0.183 e. The lowest BCUT2D eigenvalue weighted by molar-refractivity contribution is -0.272. The van der Waals surface area contributed by atoms with E-state index in [9.17, 15) is 0 Å². The first-order valence-electron chi connectivity index (χ1n) is 16.1. The summed E-state index contributed by atoms with van der Waals surface area (Å²) >= 11 is 1.90. The standard InChI is InChI=1S/C35H46N2O2S/c1-21-12-17-35(38-20-21)22(2)30-29(39-35)18-27-24-10-11-26-31-28(14-16-33(26,3)25(24)13-15-34(27,30)4)37-32(40-31)36-19-23-8-6-5-7-9-23/h5-9,11,21-22,24-25,27,29-30H,10,12-20H2,1-4H3,(H,36,37)/t21-,22+,24-,25+,27+,29+,30+,33-,34+,35-/m1/s1. The van der Waals surface area contributed by atoms with Crippen molar-refractivity contribution in [1.29, 1.82) is 0 Å². The van der Waals surface area contributed by atoms with Crippen LogP contribution >= 0.6 is 11.3 Å². The number of hydrogen-bond donors (Lipinski definition) is 1. The number of allylic oxidation sites excluding steroid dienone is 2. The number of ether oxygens (including phenoxy) is 2. The average Bonchev–Trinajstić information content (AvgIpc) is 3.59. The lowest BCUT2D eigenvalue weighted by atomic mass is 9.47. The summed E-state index contributed by atoms with van der Waals surface area (Å²) in [6.07, 6.45) is 12.9. The van der Waals surface area contributed by atoms with Crippen LogP contribution in [0.1, 0.15) is 88.8 Å². The molecule has 5 heteroatoms. The molecule has 0 amide bonds. The highest BCUT2D eigenvalue weighted by Gasteiger charge is 2.68. The second-order valence-electron chi connectivity index (χ2n) is 14.8. The second-order valence-corrected chi connectivity index (χ2v) is 15.8. The first-order chi connectivity index (χ1) is 19.3. The molecule has 2 saturated heterocycles. The minimum Gasteiger partial charge on any atom is -0.357 e. The number of aryl methyl sites for hydroxylation is 1. The van der Waals surface area contributed by atoms with E-state index >= 15 is 0 Å². The van der Waals surface area contributed by atoms with E-state index in [1.807, 2.05) is 11.3 Å². The van der Waals surface area contributed by atoms with E-state index < -0.39 is 0 Å². The van der Waals surface area contributed by atoms with Crippen LogP contribution in [-0.2, 0) is 22.4 Å². The van der Waals surface area contributed by atoms with Crippen LogP contribution in [0.4, 0.5) is 5.13 Å². The number of nitrogens with one attached hydrogen (secondary N) is 1. The van der Waals surface area contributed by atoms with Crippen molar-refractivity contribution in [2.24, 2.45) is 46.3 Å². The van der Waals surface area contributed by atoms with Gasteiger partial charge >= 0.3 is 0 Å². The van der Waals surface area contributed by atoms with Gasteiger partial charge in [-0.25, -0.2) is 4.98 Å². The smallest absolute Gasteiger partial charge is 0.183 e.